The maximum absolute atomic E-state index is 14.2. The van der Waals surface area contributed by atoms with Gasteiger partial charge in [-0.3, -0.25) is 14.2 Å². The van der Waals surface area contributed by atoms with Crippen LogP contribution in [0.1, 0.15) is 29.7 Å². The lowest BCUT2D eigenvalue weighted by molar-refractivity contribution is -0.113. The number of rotatable bonds is 10. The summed E-state index contributed by atoms with van der Waals surface area (Å²) in [5, 5.41) is 2.96. The molecule has 1 amide bonds. The SMILES string of the molecule is COc1ccc([C@@H]2C(C(=O)Nc3ccccc3)=C(C)N=c3s/c(=C\c4ccc(OCc5ccc(F)cc5)c(OC)c4)c(=O)n32)c(OC)c1. The second-order valence-corrected chi connectivity index (χ2v) is 11.8. The molecule has 48 heavy (non-hydrogen) atoms. The van der Waals surface area contributed by atoms with Crippen LogP contribution in [0.25, 0.3) is 6.08 Å². The molecule has 1 N–H and O–H groups in total. The summed E-state index contributed by atoms with van der Waals surface area (Å²) in [7, 11) is 4.62. The highest BCUT2D eigenvalue weighted by Gasteiger charge is 2.34. The van der Waals surface area contributed by atoms with Crippen molar-refractivity contribution in [2.75, 3.05) is 26.6 Å². The Balaban J connectivity index is 1.41. The monoisotopic (exact) mass is 665 g/mol. The van der Waals surface area contributed by atoms with Crippen LogP contribution in [0.2, 0.25) is 0 Å². The number of halogens is 1. The number of carbonyl (C=O) groups excluding carboxylic acids is 1. The average Bonchev–Trinajstić information content (AvgIpc) is 3.41. The summed E-state index contributed by atoms with van der Waals surface area (Å²) in [6, 6.07) is 25.0. The van der Waals surface area contributed by atoms with E-state index in [1.165, 1.54) is 42.3 Å². The minimum absolute atomic E-state index is 0.225. The van der Waals surface area contributed by atoms with Crippen LogP contribution in [0.15, 0.2) is 112 Å². The number of ether oxygens (including phenoxy) is 4. The first-order chi connectivity index (χ1) is 23.3. The number of methoxy groups -OCH3 is 3. The van der Waals surface area contributed by atoms with Crippen molar-refractivity contribution in [2.24, 2.45) is 4.99 Å². The predicted molar refractivity (Wildman–Crippen MR) is 182 cm³/mol. The van der Waals surface area contributed by atoms with Gasteiger partial charge in [-0.15, -0.1) is 0 Å². The van der Waals surface area contributed by atoms with E-state index in [2.05, 4.69) is 5.32 Å². The number of aromatic nitrogens is 1. The van der Waals surface area contributed by atoms with Gasteiger partial charge in [0, 0.05) is 17.3 Å². The number of hydrogen-bond acceptors (Lipinski definition) is 8. The molecule has 0 bridgehead atoms. The molecule has 0 spiro atoms. The topological polar surface area (TPSA) is 100 Å². The van der Waals surface area contributed by atoms with E-state index < -0.39 is 6.04 Å². The molecule has 0 radical (unpaired) electrons. The molecule has 1 aliphatic heterocycles. The van der Waals surface area contributed by atoms with Crippen LogP contribution in [0.5, 0.6) is 23.0 Å². The lowest BCUT2D eigenvalue weighted by Gasteiger charge is -2.26. The van der Waals surface area contributed by atoms with Crippen molar-refractivity contribution in [3.05, 3.63) is 144 Å². The fourth-order valence-corrected chi connectivity index (χ4v) is 6.50. The number of carbonyl (C=O) groups is 1. The van der Waals surface area contributed by atoms with E-state index in [1.807, 2.05) is 24.3 Å². The highest BCUT2D eigenvalue weighted by molar-refractivity contribution is 7.07. The Bertz CT molecular complexity index is 2190. The van der Waals surface area contributed by atoms with Crippen molar-refractivity contribution < 1.29 is 28.1 Å². The number of fused-ring (bicyclic) bond motifs is 1. The Morgan fingerprint density at radius 2 is 1.67 bits per heavy atom. The molecule has 0 fully saturated rings. The number of amides is 1. The summed E-state index contributed by atoms with van der Waals surface area (Å²) in [6.07, 6.45) is 1.75. The third-order valence-electron chi connectivity index (χ3n) is 7.83. The third-order valence-corrected chi connectivity index (χ3v) is 8.81. The minimum Gasteiger partial charge on any atom is -0.497 e. The maximum atomic E-state index is 14.2. The largest absolute Gasteiger partial charge is 0.497 e. The Morgan fingerprint density at radius 1 is 0.917 bits per heavy atom. The molecule has 1 aliphatic rings. The quantitative estimate of drug-likeness (QED) is 0.208. The van der Waals surface area contributed by atoms with Gasteiger partial charge in [0.15, 0.2) is 16.3 Å². The number of allylic oxidation sites excluding steroid dienone is 1. The molecule has 0 saturated heterocycles. The fraction of sp³-hybridized carbons (Fsp3) is 0.162. The number of para-hydroxylation sites is 1. The van der Waals surface area contributed by atoms with Crippen LogP contribution in [-0.4, -0.2) is 31.8 Å². The van der Waals surface area contributed by atoms with Gasteiger partial charge in [-0.1, -0.05) is 47.7 Å². The van der Waals surface area contributed by atoms with E-state index in [0.717, 1.165) is 5.56 Å². The number of benzene rings is 4. The number of nitrogens with one attached hydrogen (secondary N) is 1. The number of anilines is 1. The van der Waals surface area contributed by atoms with Crippen molar-refractivity contribution in [1.82, 2.24) is 4.57 Å². The molecular formula is C37H32FN3O6S. The van der Waals surface area contributed by atoms with E-state index in [9.17, 15) is 14.0 Å². The van der Waals surface area contributed by atoms with Crippen LogP contribution in [0.3, 0.4) is 0 Å². The molecule has 0 saturated carbocycles. The lowest BCUT2D eigenvalue weighted by Crippen LogP contribution is -2.40. The van der Waals surface area contributed by atoms with Crippen molar-refractivity contribution in [3.8, 4) is 23.0 Å². The average molecular weight is 666 g/mol. The van der Waals surface area contributed by atoms with E-state index in [1.54, 1.807) is 74.7 Å². The molecular weight excluding hydrogens is 633 g/mol. The van der Waals surface area contributed by atoms with Gasteiger partial charge in [0.05, 0.1) is 37.1 Å². The highest BCUT2D eigenvalue weighted by atomic mass is 32.1. The molecule has 5 aromatic rings. The van der Waals surface area contributed by atoms with Crippen molar-refractivity contribution >= 4 is 29.0 Å². The lowest BCUT2D eigenvalue weighted by atomic mass is 9.94. The van der Waals surface area contributed by atoms with Crippen molar-refractivity contribution in [1.29, 1.82) is 0 Å². The van der Waals surface area contributed by atoms with E-state index in [4.69, 9.17) is 23.9 Å². The second-order valence-electron chi connectivity index (χ2n) is 10.8. The van der Waals surface area contributed by atoms with Crippen LogP contribution in [0.4, 0.5) is 10.1 Å². The van der Waals surface area contributed by atoms with Gasteiger partial charge in [-0.25, -0.2) is 9.38 Å². The van der Waals surface area contributed by atoms with Crippen molar-refractivity contribution in [3.63, 3.8) is 0 Å². The molecule has 9 nitrogen and oxygen atoms in total. The first kappa shape index (κ1) is 32.3. The first-order valence-corrected chi connectivity index (χ1v) is 15.8. The number of hydrogen-bond donors (Lipinski definition) is 1. The molecule has 4 aromatic carbocycles. The summed E-state index contributed by atoms with van der Waals surface area (Å²) in [5.74, 6) is 1.28. The molecule has 0 unspecified atom stereocenters. The van der Waals surface area contributed by atoms with E-state index in [0.29, 0.717) is 60.4 Å². The van der Waals surface area contributed by atoms with Crippen LogP contribution < -0.4 is 39.2 Å². The van der Waals surface area contributed by atoms with Gasteiger partial charge >= 0.3 is 0 Å². The summed E-state index contributed by atoms with van der Waals surface area (Å²) in [6.45, 7) is 1.98. The minimum atomic E-state index is -0.843. The zero-order chi connectivity index (χ0) is 33.8. The zero-order valence-corrected chi connectivity index (χ0v) is 27.5. The summed E-state index contributed by atoms with van der Waals surface area (Å²) in [5.41, 5.74) is 3.17. The summed E-state index contributed by atoms with van der Waals surface area (Å²) < 4.78 is 37.9. The number of nitrogens with zero attached hydrogens (tertiary/aromatic N) is 2. The predicted octanol–water partition coefficient (Wildman–Crippen LogP) is 5.62. The first-order valence-electron chi connectivity index (χ1n) is 15.0. The van der Waals surface area contributed by atoms with Gasteiger partial charge < -0.3 is 24.3 Å². The smallest absolute Gasteiger partial charge is 0.271 e. The zero-order valence-electron chi connectivity index (χ0n) is 26.7. The normalized spacial score (nSPS) is 14.2. The third kappa shape index (κ3) is 6.58. The van der Waals surface area contributed by atoms with Crippen LogP contribution in [0, 0.1) is 5.82 Å². The Kier molecular flexibility index (Phi) is 9.40. The van der Waals surface area contributed by atoms with Gasteiger partial charge in [-0.2, -0.15) is 0 Å². The molecule has 2 heterocycles. The Morgan fingerprint density at radius 3 is 2.38 bits per heavy atom. The van der Waals surface area contributed by atoms with Crippen molar-refractivity contribution in [2.45, 2.75) is 19.6 Å². The summed E-state index contributed by atoms with van der Waals surface area (Å²) >= 11 is 1.22. The van der Waals surface area contributed by atoms with Gasteiger partial charge in [0.1, 0.15) is 30.0 Å². The molecule has 6 rings (SSSR count). The van der Waals surface area contributed by atoms with Crippen LogP contribution >= 0.6 is 11.3 Å². The standard InChI is InChI=1S/C37H32FN3O6S/c1-22-33(35(42)40-26-8-6-5-7-9-26)34(28-16-15-27(44-2)20-30(28)45-3)41-36(43)32(48-37(41)39-22)19-24-12-17-29(31(18-24)46-4)47-21-23-10-13-25(38)14-11-23/h5-20,34H,21H2,1-4H3,(H,40,42)/b32-19-/t34-/m1/s1. The summed E-state index contributed by atoms with van der Waals surface area (Å²) in [4.78, 5) is 33.3. The molecule has 244 valence electrons. The van der Waals surface area contributed by atoms with E-state index in [-0.39, 0.29) is 23.9 Å². The molecule has 1 aromatic heterocycles. The molecule has 0 aliphatic carbocycles. The fourth-order valence-electron chi connectivity index (χ4n) is 5.46. The molecule has 11 heteroatoms. The maximum Gasteiger partial charge on any atom is 0.271 e. The van der Waals surface area contributed by atoms with E-state index >= 15 is 0 Å². The van der Waals surface area contributed by atoms with Gasteiger partial charge in [0.2, 0.25) is 0 Å². The second kappa shape index (κ2) is 14.0. The highest BCUT2D eigenvalue weighted by Crippen LogP contribution is 2.38. The van der Waals surface area contributed by atoms with Crippen LogP contribution in [-0.2, 0) is 11.4 Å². The molecule has 1 atom stereocenters. The Hall–Kier alpha value is -5.68. The van der Waals surface area contributed by atoms with Gasteiger partial charge in [-0.05, 0) is 72.7 Å². The number of thiazole rings is 1. The Labute approximate surface area is 279 Å². The van der Waals surface area contributed by atoms with Gasteiger partial charge in [0.25, 0.3) is 11.5 Å².